The summed E-state index contributed by atoms with van der Waals surface area (Å²) in [4.78, 5) is 24.3. The summed E-state index contributed by atoms with van der Waals surface area (Å²) in [6.45, 7) is 0.227. The Balaban J connectivity index is 1.40. The van der Waals surface area contributed by atoms with Crippen LogP contribution in [0.25, 0.3) is 0 Å². The zero-order valence-corrected chi connectivity index (χ0v) is 16.1. The summed E-state index contributed by atoms with van der Waals surface area (Å²) in [5.74, 6) is 0.489. The van der Waals surface area contributed by atoms with Crippen LogP contribution in [0.15, 0.2) is 59.0 Å². The van der Waals surface area contributed by atoms with Gasteiger partial charge in [0.15, 0.2) is 5.76 Å². The molecule has 29 heavy (non-hydrogen) atoms. The third kappa shape index (κ3) is 4.16. The van der Waals surface area contributed by atoms with Gasteiger partial charge >= 0.3 is 5.97 Å². The molecule has 3 aromatic rings. The number of amides is 1. The van der Waals surface area contributed by atoms with E-state index >= 15 is 0 Å². The normalized spacial score (nSPS) is 12.3. The largest absolute Gasteiger partial charge is 0.486 e. The van der Waals surface area contributed by atoms with Gasteiger partial charge in [-0.15, -0.1) is 0 Å². The Morgan fingerprint density at radius 3 is 2.72 bits per heavy atom. The molecule has 1 N–H and O–H groups in total. The number of carbonyl (C=O) groups excluding carboxylic acids is 2. The van der Waals surface area contributed by atoms with Crippen molar-refractivity contribution in [2.24, 2.45) is 0 Å². The molecular weight excluding hydrogens is 370 g/mol. The van der Waals surface area contributed by atoms with E-state index in [9.17, 15) is 9.59 Å². The number of para-hydroxylation sites is 1. The van der Waals surface area contributed by atoms with Gasteiger partial charge in [0.25, 0.3) is 5.91 Å². The van der Waals surface area contributed by atoms with Crippen molar-refractivity contribution in [3.8, 4) is 5.75 Å². The average Bonchev–Trinajstić information content (AvgIpc) is 3.41. The van der Waals surface area contributed by atoms with Crippen molar-refractivity contribution in [3.63, 3.8) is 0 Å². The van der Waals surface area contributed by atoms with Gasteiger partial charge in [-0.25, -0.2) is 4.79 Å². The van der Waals surface area contributed by atoms with E-state index in [1.807, 2.05) is 6.07 Å². The van der Waals surface area contributed by atoms with Crippen LogP contribution in [0.4, 0.5) is 5.69 Å². The summed E-state index contributed by atoms with van der Waals surface area (Å²) >= 11 is 0. The summed E-state index contributed by atoms with van der Waals surface area (Å²) in [6, 6.07) is 16.1. The summed E-state index contributed by atoms with van der Waals surface area (Å²) in [6.07, 6.45) is 3.41. The Labute approximate surface area is 168 Å². The third-order valence-corrected chi connectivity index (χ3v) is 4.92. The van der Waals surface area contributed by atoms with Gasteiger partial charge in [0, 0.05) is 0 Å². The maximum atomic E-state index is 12.5. The van der Waals surface area contributed by atoms with Gasteiger partial charge in [-0.1, -0.05) is 18.2 Å². The van der Waals surface area contributed by atoms with Gasteiger partial charge in [-0.05, 0) is 66.8 Å². The smallest absolute Gasteiger partial charge is 0.339 e. The van der Waals surface area contributed by atoms with Crippen molar-refractivity contribution in [1.82, 2.24) is 0 Å². The van der Waals surface area contributed by atoms with E-state index in [1.165, 1.54) is 24.7 Å². The summed E-state index contributed by atoms with van der Waals surface area (Å²) in [5, 5.41) is 2.68. The first-order valence-electron chi connectivity index (χ1n) is 9.46. The minimum Gasteiger partial charge on any atom is -0.486 e. The second-order valence-electron chi connectivity index (χ2n) is 6.83. The molecule has 0 radical (unpaired) electrons. The lowest BCUT2D eigenvalue weighted by Gasteiger charge is -2.08. The topological polar surface area (TPSA) is 77.8 Å². The predicted octanol–water partition coefficient (Wildman–Crippen LogP) is 4.39. The first-order valence-corrected chi connectivity index (χ1v) is 9.46. The lowest BCUT2D eigenvalue weighted by atomic mass is 10.1. The lowest BCUT2D eigenvalue weighted by molar-refractivity contribution is 0.0602. The minimum absolute atomic E-state index is 0.136. The van der Waals surface area contributed by atoms with Gasteiger partial charge in [0.1, 0.15) is 18.1 Å². The summed E-state index contributed by atoms with van der Waals surface area (Å²) in [5.41, 5.74) is 3.36. The highest BCUT2D eigenvalue weighted by Gasteiger charge is 2.17. The number of carbonyl (C=O) groups is 2. The van der Waals surface area contributed by atoms with Crippen molar-refractivity contribution in [1.29, 1.82) is 0 Å². The zero-order chi connectivity index (χ0) is 20.2. The molecule has 0 spiro atoms. The van der Waals surface area contributed by atoms with Crippen LogP contribution in [0.1, 0.15) is 44.2 Å². The van der Waals surface area contributed by atoms with Crippen molar-refractivity contribution >= 4 is 17.6 Å². The molecule has 0 unspecified atom stereocenters. The second kappa shape index (κ2) is 8.22. The van der Waals surface area contributed by atoms with Crippen LogP contribution in [0.3, 0.4) is 0 Å². The predicted molar refractivity (Wildman–Crippen MR) is 107 cm³/mol. The van der Waals surface area contributed by atoms with Crippen molar-refractivity contribution < 1.29 is 23.5 Å². The highest BCUT2D eigenvalue weighted by molar-refractivity contribution is 6.06. The molecule has 1 aliphatic carbocycles. The van der Waals surface area contributed by atoms with E-state index in [-0.39, 0.29) is 17.9 Å². The molecule has 2 aromatic carbocycles. The zero-order valence-electron chi connectivity index (χ0n) is 16.1. The van der Waals surface area contributed by atoms with Crippen molar-refractivity contribution in [2.75, 3.05) is 12.4 Å². The monoisotopic (exact) mass is 391 g/mol. The minimum atomic E-state index is -0.524. The molecule has 1 aliphatic rings. The molecule has 0 aliphatic heterocycles. The molecule has 1 amide bonds. The fourth-order valence-corrected chi connectivity index (χ4v) is 3.43. The Hall–Kier alpha value is -3.54. The number of fused-ring (bicyclic) bond motifs is 1. The molecule has 1 aromatic heterocycles. The average molecular weight is 391 g/mol. The fourth-order valence-electron chi connectivity index (χ4n) is 3.43. The van der Waals surface area contributed by atoms with E-state index < -0.39 is 11.9 Å². The summed E-state index contributed by atoms with van der Waals surface area (Å²) in [7, 11) is 1.29. The third-order valence-electron chi connectivity index (χ3n) is 4.92. The van der Waals surface area contributed by atoms with E-state index in [0.29, 0.717) is 11.4 Å². The molecule has 6 nitrogen and oxygen atoms in total. The van der Waals surface area contributed by atoms with Gasteiger partial charge in [0.05, 0.1) is 18.4 Å². The number of hydrogen-bond acceptors (Lipinski definition) is 5. The second-order valence-corrected chi connectivity index (χ2v) is 6.83. The Kier molecular flexibility index (Phi) is 5.33. The number of esters is 1. The number of benzene rings is 2. The van der Waals surface area contributed by atoms with Crippen LogP contribution in [0.5, 0.6) is 5.75 Å². The van der Waals surface area contributed by atoms with Crippen LogP contribution in [-0.4, -0.2) is 19.0 Å². The molecule has 6 heteroatoms. The Bertz CT molecular complexity index is 1050. The highest BCUT2D eigenvalue weighted by atomic mass is 16.5. The number of hydrogen-bond donors (Lipinski definition) is 1. The molecule has 0 fully saturated rings. The van der Waals surface area contributed by atoms with E-state index in [2.05, 4.69) is 17.4 Å². The van der Waals surface area contributed by atoms with Gasteiger partial charge in [-0.2, -0.15) is 0 Å². The van der Waals surface area contributed by atoms with Crippen LogP contribution < -0.4 is 10.1 Å². The molecule has 1 heterocycles. The number of anilines is 1. The fraction of sp³-hybridized carbons (Fsp3) is 0.217. The van der Waals surface area contributed by atoms with Crippen molar-refractivity contribution in [2.45, 2.75) is 25.9 Å². The van der Waals surface area contributed by atoms with Crippen LogP contribution >= 0.6 is 0 Å². The Morgan fingerprint density at radius 1 is 1.03 bits per heavy atom. The number of furan rings is 1. The van der Waals surface area contributed by atoms with Gasteiger partial charge < -0.3 is 19.2 Å². The molecule has 4 rings (SSSR count). The molecule has 0 saturated heterocycles. The maximum absolute atomic E-state index is 12.5. The summed E-state index contributed by atoms with van der Waals surface area (Å²) < 4.78 is 16.2. The van der Waals surface area contributed by atoms with Gasteiger partial charge in [-0.3, -0.25) is 4.79 Å². The van der Waals surface area contributed by atoms with Crippen molar-refractivity contribution in [3.05, 3.63) is 82.8 Å². The van der Waals surface area contributed by atoms with Gasteiger partial charge in [0.2, 0.25) is 0 Å². The van der Waals surface area contributed by atoms with Crippen LogP contribution in [0, 0.1) is 0 Å². The first-order chi connectivity index (χ1) is 14.1. The van der Waals surface area contributed by atoms with E-state index in [0.717, 1.165) is 18.6 Å². The number of ether oxygens (including phenoxy) is 2. The maximum Gasteiger partial charge on any atom is 0.339 e. The standard InChI is InChI=1S/C23H21NO5/c1-27-23(26)19-7-2-3-8-20(19)24-22(25)21-12-11-18(29-21)14-28-17-10-9-15-5-4-6-16(15)13-17/h2-3,7-13H,4-6,14H2,1H3,(H,24,25). The molecule has 0 saturated carbocycles. The molecule has 148 valence electrons. The molecular formula is C23H21NO5. The number of aryl methyl sites for hydroxylation is 2. The lowest BCUT2D eigenvalue weighted by Crippen LogP contribution is -2.14. The number of rotatable bonds is 6. The highest BCUT2D eigenvalue weighted by Crippen LogP contribution is 2.26. The number of methoxy groups -OCH3 is 1. The molecule has 0 atom stereocenters. The first kappa shape index (κ1) is 18.8. The number of nitrogens with one attached hydrogen (secondary N) is 1. The molecule has 0 bridgehead atoms. The Morgan fingerprint density at radius 2 is 1.86 bits per heavy atom. The van der Waals surface area contributed by atoms with Crippen LogP contribution in [0.2, 0.25) is 0 Å². The quantitative estimate of drug-likeness (QED) is 0.631. The van der Waals surface area contributed by atoms with E-state index in [4.69, 9.17) is 13.9 Å². The SMILES string of the molecule is COC(=O)c1ccccc1NC(=O)c1ccc(COc2ccc3c(c2)CCC3)o1. The van der Waals surface area contributed by atoms with Crippen LogP contribution in [-0.2, 0) is 24.2 Å². The van der Waals surface area contributed by atoms with E-state index in [1.54, 1.807) is 36.4 Å².